The molecule has 1 aliphatic carbocycles. The molecule has 0 radical (unpaired) electrons. The monoisotopic (exact) mass is 232 g/mol. The number of rotatable bonds is 1. The zero-order chi connectivity index (χ0) is 11.1. The van der Waals surface area contributed by atoms with E-state index in [1.165, 1.54) is 19.3 Å². The summed E-state index contributed by atoms with van der Waals surface area (Å²) in [6, 6.07) is 8.61. The van der Waals surface area contributed by atoms with Crippen LogP contribution in [0.3, 0.4) is 0 Å². The summed E-state index contributed by atoms with van der Waals surface area (Å²) in [5, 5.41) is 9.74. The van der Waals surface area contributed by atoms with Crippen LogP contribution in [0.25, 0.3) is 0 Å². The number of anilines is 1. The Balaban J connectivity index is 2.01. The lowest BCUT2D eigenvalue weighted by atomic mass is 10.1. The number of nitrogens with zero attached hydrogens (tertiary/aromatic N) is 2. The summed E-state index contributed by atoms with van der Waals surface area (Å²) in [6.45, 7) is 1.10. The van der Waals surface area contributed by atoms with Gasteiger partial charge in [0.25, 0.3) is 0 Å². The molecule has 2 aliphatic rings. The number of nitriles is 1. The van der Waals surface area contributed by atoms with E-state index in [2.05, 4.69) is 11.0 Å². The van der Waals surface area contributed by atoms with Gasteiger partial charge in [0.1, 0.15) is 6.07 Å². The third-order valence-corrected chi connectivity index (χ3v) is 4.14. The highest BCUT2D eigenvalue weighted by Gasteiger charge is 2.38. The van der Waals surface area contributed by atoms with E-state index in [0.717, 1.165) is 18.2 Å². The SMILES string of the molecule is N#Cc1c(Cl)cccc1N1CC2CCC1C2. The molecule has 16 heavy (non-hydrogen) atoms. The number of fused-ring (bicyclic) bond motifs is 2. The first-order valence-corrected chi connectivity index (χ1v) is 6.12. The number of hydrogen-bond acceptors (Lipinski definition) is 2. The van der Waals surface area contributed by atoms with Gasteiger partial charge in [0.05, 0.1) is 16.3 Å². The third-order valence-electron chi connectivity index (χ3n) is 3.82. The molecule has 1 aromatic carbocycles. The van der Waals surface area contributed by atoms with E-state index in [1.54, 1.807) is 6.07 Å². The minimum atomic E-state index is 0.572. The normalized spacial score (nSPS) is 27.1. The van der Waals surface area contributed by atoms with Gasteiger partial charge in [-0.15, -0.1) is 0 Å². The molecule has 2 nitrogen and oxygen atoms in total. The second-order valence-electron chi connectivity index (χ2n) is 4.73. The van der Waals surface area contributed by atoms with Crippen molar-refractivity contribution in [1.82, 2.24) is 0 Å². The molecule has 0 amide bonds. The van der Waals surface area contributed by atoms with Crippen LogP contribution in [0.1, 0.15) is 24.8 Å². The van der Waals surface area contributed by atoms with Crippen molar-refractivity contribution in [2.24, 2.45) is 5.92 Å². The van der Waals surface area contributed by atoms with Crippen LogP contribution in [0.4, 0.5) is 5.69 Å². The van der Waals surface area contributed by atoms with Gasteiger partial charge in [-0.3, -0.25) is 0 Å². The van der Waals surface area contributed by atoms with Crippen LogP contribution < -0.4 is 4.90 Å². The van der Waals surface area contributed by atoms with Crippen molar-refractivity contribution >= 4 is 17.3 Å². The van der Waals surface area contributed by atoms with Gasteiger partial charge in [0, 0.05) is 12.6 Å². The molecule has 2 unspecified atom stereocenters. The number of piperidine rings is 1. The molecule has 1 aromatic rings. The molecular formula is C13H13ClN2. The van der Waals surface area contributed by atoms with Crippen molar-refractivity contribution < 1.29 is 0 Å². The molecule has 1 heterocycles. The van der Waals surface area contributed by atoms with E-state index in [4.69, 9.17) is 16.9 Å². The topological polar surface area (TPSA) is 27.0 Å². The van der Waals surface area contributed by atoms with Gasteiger partial charge in [-0.25, -0.2) is 0 Å². The van der Waals surface area contributed by atoms with Gasteiger partial charge in [-0.2, -0.15) is 5.26 Å². The maximum absolute atomic E-state index is 9.17. The minimum absolute atomic E-state index is 0.572. The van der Waals surface area contributed by atoms with Crippen LogP contribution in [0.15, 0.2) is 18.2 Å². The Morgan fingerprint density at radius 2 is 2.25 bits per heavy atom. The fourth-order valence-electron chi connectivity index (χ4n) is 3.08. The summed E-state index contributed by atoms with van der Waals surface area (Å²) < 4.78 is 0. The van der Waals surface area contributed by atoms with Crippen LogP contribution in [0.2, 0.25) is 5.02 Å². The smallest absolute Gasteiger partial charge is 0.103 e. The zero-order valence-corrected chi connectivity index (χ0v) is 9.74. The molecule has 2 bridgehead atoms. The lowest BCUT2D eigenvalue weighted by Crippen LogP contribution is -2.32. The van der Waals surface area contributed by atoms with Crippen molar-refractivity contribution in [3.8, 4) is 6.07 Å². The largest absolute Gasteiger partial charge is 0.367 e. The zero-order valence-electron chi connectivity index (χ0n) is 8.99. The second-order valence-corrected chi connectivity index (χ2v) is 5.14. The average Bonchev–Trinajstić information content (AvgIpc) is 2.90. The van der Waals surface area contributed by atoms with E-state index < -0.39 is 0 Å². The van der Waals surface area contributed by atoms with Crippen molar-refractivity contribution in [3.05, 3.63) is 28.8 Å². The van der Waals surface area contributed by atoms with E-state index in [1.807, 2.05) is 12.1 Å². The van der Waals surface area contributed by atoms with Gasteiger partial charge in [0.2, 0.25) is 0 Å². The first-order valence-electron chi connectivity index (χ1n) is 5.75. The standard InChI is InChI=1S/C13H13ClN2/c14-12-2-1-3-13(11(12)7-15)16-8-9-4-5-10(16)6-9/h1-3,9-10H,4-6,8H2. The summed E-state index contributed by atoms with van der Waals surface area (Å²) in [7, 11) is 0. The van der Waals surface area contributed by atoms with Crippen molar-refractivity contribution in [1.29, 1.82) is 5.26 Å². The molecule has 1 aliphatic heterocycles. The Bertz CT molecular complexity index is 463. The summed E-state index contributed by atoms with van der Waals surface area (Å²) in [5.74, 6) is 0.829. The third kappa shape index (κ3) is 1.39. The van der Waals surface area contributed by atoms with E-state index in [0.29, 0.717) is 16.6 Å². The molecule has 1 saturated heterocycles. The van der Waals surface area contributed by atoms with E-state index >= 15 is 0 Å². The molecule has 3 heteroatoms. The molecule has 82 valence electrons. The van der Waals surface area contributed by atoms with Gasteiger partial charge >= 0.3 is 0 Å². The van der Waals surface area contributed by atoms with E-state index in [9.17, 15) is 0 Å². The van der Waals surface area contributed by atoms with Crippen molar-refractivity contribution in [2.75, 3.05) is 11.4 Å². The summed E-state index contributed by atoms with van der Waals surface area (Å²) in [6.07, 6.45) is 3.91. The Kier molecular flexibility index (Phi) is 2.29. The summed E-state index contributed by atoms with van der Waals surface area (Å²) >= 11 is 6.06. The van der Waals surface area contributed by atoms with Crippen LogP contribution in [-0.4, -0.2) is 12.6 Å². The Labute approximate surface area is 100 Å². The first kappa shape index (κ1) is 9.99. The van der Waals surface area contributed by atoms with Gasteiger partial charge in [-0.1, -0.05) is 17.7 Å². The highest BCUT2D eigenvalue weighted by molar-refractivity contribution is 6.32. The molecule has 2 fully saturated rings. The van der Waals surface area contributed by atoms with Crippen LogP contribution >= 0.6 is 11.6 Å². The lowest BCUT2D eigenvalue weighted by Gasteiger charge is -2.30. The Morgan fingerprint density at radius 1 is 1.38 bits per heavy atom. The molecule has 1 saturated carbocycles. The molecular weight excluding hydrogens is 220 g/mol. The van der Waals surface area contributed by atoms with E-state index in [-0.39, 0.29) is 0 Å². The predicted octanol–water partition coefficient (Wildman–Crippen LogP) is 3.20. The van der Waals surface area contributed by atoms with Crippen LogP contribution in [0.5, 0.6) is 0 Å². The highest BCUT2D eigenvalue weighted by atomic mass is 35.5. The fourth-order valence-corrected chi connectivity index (χ4v) is 3.29. The lowest BCUT2D eigenvalue weighted by molar-refractivity contribution is 0.553. The van der Waals surface area contributed by atoms with Crippen LogP contribution in [-0.2, 0) is 0 Å². The fraction of sp³-hybridized carbons (Fsp3) is 0.462. The maximum atomic E-state index is 9.17. The molecule has 3 rings (SSSR count). The maximum Gasteiger partial charge on any atom is 0.103 e. The predicted molar refractivity (Wildman–Crippen MR) is 64.6 cm³/mol. The van der Waals surface area contributed by atoms with Crippen LogP contribution in [0, 0.1) is 17.2 Å². The van der Waals surface area contributed by atoms with Gasteiger partial charge in [0.15, 0.2) is 0 Å². The number of hydrogen-bond donors (Lipinski definition) is 0. The van der Waals surface area contributed by atoms with Gasteiger partial charge in [-0.05, 0) is 37.3 Å². The van der Waals surface area contributed by atoms with Crippen molar-refractivity contribution in [2.45, 2.75) is 25.3 Å². The first-order chi connectivity index (χ1) is 7.79. The Morgan fingerprint density at radius 3 is 2.88 bits per heavy atom. The quantitative estimate of drug-likeness (QED) is 0.744. The molecule has 2 atom stereocenters. The summed E-state index contributed by atoms with van der Waals surface area (Å²) in [4.78, 5) is 2.37. The number of benzene rings is 1. The Hall–Kier alpha value is -1.20. The molecule has 0 spiro atoms. The number of halogens is 1. The average molecular weight is 233 g/mol. The van der Waals surface area contributed by atoms with Crippen molar-refractivity contribution in [3.63, 3.8) is 0 Å². The minimum Gasteiger partial charge on any atom is -0.367 e. The van der Waals surface area contributed by atoms with Gasteiger partial charge < -0.3 is 4.90 Å². The summed E-state index contributed by atoms with van der Waals surface area (Å²) in [5.41, 5.74) is 1.67. The molecule has 0 aromatic heterocycles. The highest BCUT2D eigenvalue weighted by Crippen LogP contribution is 2.42. The second kappa shape index (κ2) is 3.68. The molecule has 0 N–H and O–H groups in total.